The van der Waals surface area contributed by atoms with Gasteiger partial charge in [0, 0.05) is 11.4 Å². The van der Waals surface area contributed by atoms with Crippen LogP contribution in [0.1, 0.15) is 27.0 Å². The number of carboxylic acids is 1. The maximum Gasteiger partial charge on any atom is 0.371 e. The fourth-order valence-corrected chi connectivity index (χ4v) is 3.48. The van der Waals surface area contributed by atoms with E-state index in [1.807, 2.05) is 12.3 Å². The molecule has 1 N–H and O–H groups in total. The Balaban J connectivity index is 1.69. The van der Waals surface area contributed by atoms with Crippen molar-refractivity contribution in [3.63, 3.8) is 0 Å². The van der Waals surface area contributed by atoms with Crippen molar-refractivity contribution in [1.29, 1.82) is 0 Å². The molecule has 0 saturated carbocycles. The molecule has 0 saturated heterocycles. The molecule has 0 amide bonds. The molecular formula is C20H15NO6S. The summed E-state index contributed by atoms with van der Waals surface area (Å²) in [7, 11) is 0. The number of hydrogen-bond donors (Lipinski definition) is 1. The molecule has 3 heterocycles. The average Bonchev–Trinajstić information content (AvgIpc) is 3.29. The van der Waals surface area contributed by atoms with Gasteiger partial charge in [0.05, 0.1) is 16.1 Å². The summed E-state index contributed by atoms with van der Waals surface area (Å²) in [5.74, 6) is -0.401. The quantitative estimate of drug-likeness (QED) is 0.532. The Bertz CT molecular complexity index is 1250. The van der Waals surface area contributed by atoms with E-state index in [9.17, 15) is 9.59 Å². The number of hydrogen-bond acceptors (Lipinski definition) is 7. The van der Waals surface area contributed by atoms with Gasteiger partial charge < -0.3 is 18.7 Å². The van der Waals surface area contributed by atoms with Gasteiger partial charge in [0.15, 0.2) is 0 Å². The molecule has 0 unspecified atom stereocenters. The number of rotatable bonds is 5. The van der Waals surface area contributed by atoms with Crippen molar-refractivity contribution in [2.24, 2.45) is 0 Å². The predicted octanol–water partition coefficient (Wildman–Crippen LogP) is 4.40. The first-order chi connectivity index (χ1) is 13.4. The monoisotopic (exact) mass is 397 g/mol. The van der Waals surface area contributed by atoms with E-state index in [1.165, 1.54) is 12.1 Å². The lowest BCUT2D eigenvalue weighted by atomic mass is 10.1. The smallest absolute Gasteiger partial charge is 0.371 e. The van der Waals surface area contributed by atoms with Gasteiger partial charge in [0.25, 0.3) is 0 Å². The van der Waals surface area contributed by atoms with Gasteiger partial charge in [-0.05, 0) is 38.1 Å². The third kappa shape index (κ3) is 3.29. The summed E-state index contributed by atoms with van der Waals surface area (Å²) in [6.45, 7) is 3.88. The molecule has 0 bridgehead atoms. The normalized spacial score (nSPS) is 11.1. The van der Waals surface area contributed by atoms with Gasteiger partial charge >= 0.3 is 5.97 Å². The molecule has 28 heavy (non-hydrogen) atoms. The Morgan fingerprint density at radius 1 is 1.21 bits per heavy atom. The SMILES string of the molecule is Cc1nc(COc2ccc3c(=O)c(-c4ccc(C(=O)O)o4)c(C)oc3c2)cs1. The van der Waals surface area contributed by atoms with Gasteiger partial charge in [-0.25, -0.2) is 9.78 Å². The molecule has 1 aromatic carbocycles. The number of carboxylic acid groups (broad SMARTS) is 1. The van der Waals surface area contributed by atoms with E-state index in [2.05, 4.69) is 4.98 Å². The number of ether oxygens (including phenoxy) is 1. The summed E-state index contributed by atoms with van der Waals surface area (Å²) in [6.07, 6.45) is 0. The highest BCUT2D eigenvalue weighted by Gasteiger charge is 2.19. The summed E-state index contributed by atoms with van der Waals surface area (Å²) >= 11 is 1.55. The Labute approximate surface area is 162 Å². The number of aryl methyl sites for hydroxylation is 2. The van der Waals surface area contributed by atoms with Crippen molar-refractivity contribution >= 4 is 28.3 Å². The highest BCUT2D eigenvalue weighted by atomic mass is 32.1. The Hall–Kier alpha value is -3.39. The molecule has 0 aliphatic carbocycles. The molecule has 4 rings (SSSR count). The lowest BCUT2D eigenvalue weighted by Crippen LogP contribution is -2.07. The molecule has 8 heteroatoms. The molecule has 0 aliphatic heterocycles. The minimum Gasteiger partial charge on any atom is -0.487 e. The summed E-state index contributed by atoms with van der Waals surface area (Å²) in [5.41, 5.74) is 1.11. The predicted molar refractivity (Wildman–Crippen MR) is 103 cm³/mol. The van der Waals surface area contributed by atoms with Crippen LogP contribution < -0.4 is 10.2 Å². The Morgan fingerprint density at radius 3 is 2.71 bits per heavy atom. The van der Waals surface area contributed by atoms with Gasteiger partial charge in [-0.3, -0.25) is 4.79 Å². The van der Waals surface area contributed by atoms with Crippen molar-refractivity contribution in [2.75, 3.05) is 0 Å². The van der Waals surface area contributed by atoms with Crippen molar-refractivity contribution < 1.29 is 23.5 Å². The number of furan rings is 1. The molecule has 0 fully saturated rings. The summed E-state index contributed by atoms with van der Waals surface area (Å²) in [6, 6.07) is 7.70. The largest absolute Gasteiger partial charge is 0.487 e. The maximum absolute atomic E-state index is 12.9. The third-order valence-electron chi connectivity index (χ3n) is 4.16. The second-order valence-corrected chi connectivity index (χ2v) is 7.20. The maximum atomic E-state index is 12.9. The zero-order valence-corrected chi connectivity index (χ0v) is 15.8. The molecule has 4 aromatic rings. The average molecular weight is 397 g/mol. The molecule has 0 radical (unpaired) electrons. The van der Waals surface area contributed by atoms with Gasteiger partial charge in [0.1, 0.15) is 35.0 Å². The molecule has 0 spiro atoms. The minimum absolute atomic E-state index is 0.157. The minimum atomic E-state index is -1.20. The van der Waals surface area contributed by atoms with Crippen LogP contribution >= 0.6 is 11.3 Å². The van der Waals surface area contributed by atoms with Crippen molar-refractivity contribution in [1.82, 2.24) is 4.98 Å². The van der Waals surface area contributed by atoms with Crippen molar-refractivity contribution in [3.05, 3.63) is 68.2 Å². The van der Waals surface area contributed by atoms with Crippen molar-refractivity contribution in [2.45, 2.75) is 20.5 Å². The van der Waals surface area contributed by atoms with Crippen LogP contribution in [0.2, 0.25) is 0 Å². The van der Waals surface area contributed by atoms with E-state index in [1.54, 1.807) is 36.5 Å². The second-order valence-electron chi connectivity index (χ2n) is 6.14. The van der Waals surface area contributed by atoms with Crippen LogP contribution in [0.5, 0.6) is 5.75 Å². The van der Waals surface area contributed by atoms with Crippen LogP contribution in [-0.4, -0.2) is 16.1 Å². The number of benzene rings is 1. The number of carbonyl (C=O) groups is 1. The number of aromatic carboxylic acids is 1. The fourth-order valence-electron chi connectivity index (χ4n) is 2.88. The molecule has 0 atom stereocenters. The topological polar surface area (TPSA) is 103 Å². The fraction of sp³-hybridized carbons (Fsp3) is 0.150. The highest BCUT2D eigenvalue weighted by molar-refractivity contribution is 7.09. The van der Waals surface area contributed by atoms with E-state index < -0.39 is 5.97 Å². The van der Waals surface area contributed by atoms with Crippen LogP contribution in [0, 0.1) is 13.8 Å². The third-order valence-corrected chi connectivity index (χ3v) is 4.98. The first-order valence-corrected chi connectivity index (χ1v) is 9.25. The molecule has 142 valence electrons. The highest BCUT2D eigenvalue weighted by Crippen LogP contribution is 2.28. The van der Waals surface area contributed by atoms with E-state index in [4.69, 9.17) is 18.7 Å². The zero-order valence-electron chi connectivity index (χ0n) is 15.0. The second kappa shape index (κ2) is 6.97. The number of aromatic nitrogens is 1. The molecule has 3 aromatic heterocycles. The summed E-state index contributed by atoms with van der Waals surface area (Å²) < 4.78 is 16.8. The Morgan fingerprint density at radius 2 is 2.04 bits per heavy atom. The number of fused-ring (bicyclic) bond motifs is 1. The van der Waals surface area contributed by atoms with Gasteiger partial charge in [-0.15, -0.1) is 11.3 Å². The van der Waals surface area contributed by atoms with Crippen LogP contribution in [0.3, 0.4) is 0 Å². The first kappa shape index (κ1) is 18.0. The Kier molecular flexibility index (Phi) is 4.48. The summed E-state index contributed by atoms with van der Waals surface area (Å²) in [5, 5.41) is 12.3. The first-order valence-electron chi connectivity index (χ1n) is 8.37. The zero-order chi connectivity index (χ0) is 19.8. The standard InChI is InChI=1S/C20H15NO6S/c1-10-18(15-5-6-16(27-15)20(23)24)19(22)14-4-3-13(7-17(14)26-10)25-8-12-9-28-11(2)21-12/h3-7,9H,8H2,1-2H3,(H,23,24). The molecular weight excluding hydrogens is 382 g/mol. The number of thiazole rings is 1. The lowest BCUT2D eigenvalue weighted by molar-refractivity contribution is 0.0663. The van der Waals surface area contributed by atoms with Crippen LogP contribution in [-0.2, 0) is 6.61 Å². The molecule has 0 aliphatic rings. The van der Waals surface area contributed by atoms with Crippen LogP contribution in [0.15, 0.2) is 49.3 Å². The number of nitrogens with zero attached hydrogens (tertiary/aromatic N) is 1. The summed E-state index contributed by atoms with van der Waals surface area (Å²) in [4.78, 5) is 28.3. The van der Waals surface area contributed by atoms with Crippen LogP contribution in [0.25, 0.3) is 22.3 Å². The van der Waals surface area contributed by atoms with Crippen molar-refractivity contribution in [3.8, 4) is 17.1 Å². The van der Waals surface area contributed by atoms with Gasteiger partial charge in [-0.1, -0.05) is 0 Å². The van der Waals surface area contributed by atoms with E-state index in [0.717, 1.165) is 10.7 Å². The van der Waals surface area contributed by atoms with Crippen LogP contribution in [0.4, 0.5) is 0 Å². The molecule has 7 nitrogen and oxygen atoms in total. The van der Waals surface area contributed by atoms with E-state index in [-0.39, 0.29) is 22.5 Å². The van der Waals surface area contributed by atoms with E-state index >= 15 is 0 Å². The van der Waals surface area contributed by atoms with E-state index in [0.29, 0.717) is 29.1 Å². The van der Waals surface area contributed by atoms with Gasteiger partial charge in [0.2, 0.25) is 11.2 Å². The lowest BCUT2D eigenvalue weighted by Gasteiger charge is -2.08. The van der Waals surface area contributed by atoms with Gasteiger partial charge in [-0.2, -0.15) is 0 Å².